The predicted octanol–water partition coefficient (Wildman–Crippen LogP) is 3.32. The lowest BCUT2D eigenvalue weighted by atomic mass is 9.99. The van der Waals surface area contributed by atoms with Gasteiger partial charge >= 0.3 is 0 Å². The summed E-state index contributed by atoms with van der Waals surface area (Å²) >= 11 is 0. The third kappa shape index (κ3) is 4.46. The summed E-state index contributed by atoms with van der Waals surface area (Å²) in [5.74, 6) is 0.912. The van der Waals surface area contributed by atoms with Crippen LogP contribution < -0.4 is 15.8 Å². The standard InChI is InChI=1S/C17H26N2O2/c1-3-12(2)16(18)17(20)19-13-8-10-15(11-9-13)21-14-6-4-5-7-14/h8-12,14,16H,3-7,18H2,1-2H3,(H,19,20)/t12-,16-/m0/s1. The van der Waals surface area contributed by atoms with Crippen molar-refractivity contribution in [3.05, 3.63) is 24.3 Å². The van der Waals surface area contributed by atoms with E-state index in [4.69, 9.17) is 10.5 Å². The van der Waals surface area contributed by atoms with Crippen molar-refractivity contribution in [1.82, 2.24) is 0 Å². The molecule has 0 saturated heterocycles. The molecule has 21 heavy (non-hydrogen) atoms. The van der Waals surface area contributed by atoms with Crippen LogP contribution in [0.25, 0.3) is 0 Å². The molecule has 1 amide bonds. The van der Waals surface area contributed by atoms with Gasteiger partial charge in [-0.1, -0.05) is 20.3 Å². The molecular weight excluding hydrogens is 264 g/mol. The maximum atomic E-state index is 12.0. The Labute approximate surface area is 127 Å². The minimum atomic E-state index is -0.468. The van der Waals surface area contributed by atoms with Gasteiger partial charge in [0, 0.05) is 5.69 Å². The lowest BCUT2D eigenvalue weighted by molar-refractivity contribution is -0.118. The lowest BCUT2D eigenvalue weighted by Gasteiger charge is -2.18. The molecule has 0 aliphatic heterocycles. The van der Waals surface area contributed by atoms with Crippen molar-refractivity contribution < 1.29 is 9.53 Å². The summed E-state index contributed by atoms with van der Waals surface area (Å²) in [5, 5.41) is 2.86. The molecule has 1 aromatic carbocycles. The number of ether oxygens (including phenoxy) is 1. The first-order valence-electron chi connectivity index (χ1n) is 7.93. The highest BCUT2D eigenvalue weighted by atomic mass is 16.5. The third-order valence-corrected chi connectivity index (χ3v) is 4.29. The Morgan fingerprint density at radius 2 is 1.95 bits per heavy atom. The van der Waals surface area contributed by atoms with Crippen LogP contribution in [0.4, 0.5) is 5.69 Å². The van der Waals surface area contributed by atoms with E-state index < -0.39 is 6.04 Å². The van der Waals surface area contributed by atoms with Gasteiger partial charge in [0.2, 0.25) is 5.91 Å². The monoisotopic (exact) mass is 290 g/mol. The summed E-state index contributed by atoms with van der Waals surface area (Å²) < 4.78 is 5.90. The van der Waals surface area contributed by atoms with Crippen LogP contribution >= 0.6 is 0 Å². The first-order chi connectivity index (χ1) is 10.1. The second-order valence-electron chi connectivity index (χ2n) is 5.95. The van der Waals surface area contributed by atoms with Gasteiger partial charge in [-0.15, -0.1) is 0 Å². The van der Waals surface area contributed by atoms with Gasteiger partial charge in [-0.3, -0.25) is 4.79 Å². The Bertz CT molecular complexity index is 452. The van der Waals surface area contributed by atoms with E-state index >= 15 is 0 Å². The Morgan fingerprint density at radius 3 is 2.52 bits per heavy atom. The van der Waals surface area contributed by atoms with Crippen molar-refractivity contribution in [2.45, 2.75) is 58.1 Å². The second kappa shape index (κ2) is 7.46. The van der Waals surface area contributed by atoms with Crippen molar-refractivity contribution in [3.8, 4) is 5.75 Å². The molecule has 1 saturated carbocycles. The predicted molar refractivity (Wildman–Crippen MR) is 85.4 cm³/mol. The summed E-state index contributed by atoms with van der Waals surface area (Å²) in [6, 6.07) is 7.08. The minimum Gasteiger partial charge on any atom is -0.490 e. The molecule has 0 aromatic heterocycles. The molecule has 1 aliphatic rings. The van der Waals surface area contributed by atoms with E-state index in [0.29, 0.717) is 6.10 Å². The van der Waals surface area contributed by atoms with E-state index in [1.807, 2.05) is 38.1 Å². The highest BCUT2D eigenvalue weighted by Crippen LogP contribution is 2.25. The fourth-order valence-corrected chi connectivity index (χ4v) is 2.55. The van der Waals surface area contributed by atoms with Crippen LogP contribution in [0.1, 0.15) is 46.0 Å². The van der Waals surface area contributed by atoms with Gasteiger partial charge in [0.15, 0.2) is 0 Å². The normalized spacial score (nSPS) is 18.2. The molecule has 0 bridgehead atoms. The Hall–Kier alpha value is -1.55. The van der Waals surface area contributed by atoms with Gasteiger partial charge in [0.25, 0.3) is 0 Å². The summed E-state index contributed by atoms with van der Waals surface area (Å²) in [6.07, 6.45) is 6.04. The second-order valence-corrected chi connectivity index (χ2v) is 5.95. The van der Waals surface area contributed by atoms with Crippen molar-refractivity contribution in [2.24, 2.45) is 11.7 Å². The molecule has 3 N–H and O–H groups in total. The summed E-state index contributed by atoms with van der Waals surface area (Å²) in [5.41, 5.74) is 6.68. The number of carbonyl (C=O) groups excluding carboxylic acids is 1. The number of carbonyl (C=O) groups is 1. The summed E-state index contributed by atoms with van der Waals surface area (Å²) in [4.78, 5) is 12.0. The molecular formula is C17H26N2O2. The summed E-state index contributed by atoms with van der Waals surface area (Å²) in [7, 11) is 0. The van der Waals surface area contributed by atoms with Crippen LogP contribution in [0.15, 0.2) is 24.3 Å². The molecule has 4 heteroatoms. The van der Waals surface area contributed by atoms with Gasteiger partial charge < -0.3 is 15.8 Å². The van der Waals surface area contributed by atoms with Crippen molar-refractivity contribution in [3.63, 3.8) is 0 Å². The fraction of sp³-hybridized carbons (Fsp3) is 0.588. The topological polar surface area (TPSA) is 64.4 Å². The molecule has 2 rings (SSSR count). The van der Waals surface area contributed by atoms with Crippen LogP contribution in [-0.2, 0) is 4.79 Å². The summed E-state index contributed by atoms with van der Waals surface area (Å²) in [6.45, 7) is 4.02. The fourth-order valence-electron chi connectivity index (χ4n) is 2.55. The minimum absolute atomic E-state index is 0.131. The number of anilines is 1. The molecule has 0 unspecified atom stereocenters. The van der Waals surface area contributed by atoms with E-state index in [1.165, 1.54) is 12.8 Å². The number of nitrogens with one attached hydrogen (secondary N) is 1. The lowest BCUT2D eigenvalue weighted by Crippen LogP contribution is -2.40. The zero-order chi connectivity index (χ0) is 15.2. The van der Waals surface area contributed by atoms with Crippen LogP contribution in [0.2, 0.25) is 0 Å². The number of benzene rings is 1. The van der Waals surface area contributed by atoms with Crippen LogP contribution in [0, 0.1) is 5.92 Å². The van der Waals surface area contributed by atoms with E-state index in [2.05, 4.69) is 5.32 Å². The van der Waals surface area contributed by atoms with Gasteiger partial charge in [-0.2, -0.15) is 0 Å². The first kappa shape index (κ1) is 15.8. The number of hydrogen-bond donors (Lipinski definition) is 2. The van der Waals surface area contributed by atoms with Crippen molar-refractivity contribution >= 4 is 11.6 Å². The highest BCUT2D eigenvalue weighted by Gasteiger charge is 2.19. The molecule has 0 radical (unpaired) electrons. The molecule has 1 fully saturated rings. The molecule has 0 heterocycles. The smallest absolute Gasteiger partial charge is 0.241 e. The Balaban J connectivity index is 1.88. The maximum absolute atomic E-state index is 12.0. The molecule has 4 nitrogen and oxygen atoms in total. The van der Waals surface area contributed by atoms with Gasteiger partial charge in [0.1, 0.15) is 5.75 Å². The molecule has 0 spiro atoms. The van der Waals surface area contributed by atoms with E-state index in [-0.39, 0.29) is 11.8 Å². The molecule has 1 aromatic rings. The van der Waals surface area contributed by atoms with Crippen LogP contribution in [-0.4, -0.2) is 18.1 Å². The Morgan fingerprint density at radius 1 is 1.33 bits per heavy atom. The van der Waals surface area contributed by atoms with E-state index in [9.17, 15) is 4.79 Å². The first-order valence-corrected chi connectivity index (χ1v) is 7.93. The molecule has 116 valence electrons. The maximum Gasteiger partial charge on any atom is 0.241 e. The quantitative estimate of drug-likeness (QED) is 0.844. The largest absolute Gasteiger partial charge is 0.490 e. The number of hydrogen-bond acceptors (Lipinski definition) is 3. The van der Waals surface area contributed by atoms with Gasteiger partial charge in [-0.25, -0.2) is 0 Å². The zero-order valence-corrected chi connectivity index (χ0v) is 13.0. The van der Waals surface area contributed by atoms with Gasteiger partial charge in [0.05, 0.1) is 12.1 Å². The van der Waals surface area contributed by atoms with E-state index in [0.717, 1.165) is 30.7 Å². The van der Waals surface area contributed by atoms with Crippen LogP contribution in [0.3, 0.4) is 0 Å². The SMILES string of the molecule is CC[C@H](C)[C@H](N)C(=O)Nc1ccc(OC2CCCC2)cc1. The van der Waals surface area contributed by atoms with E-state index in [1.54, 1.807) is 0 Å². The average Bonchev–Trinajstić information content (AvgIpc) is 3.00. The Kier molecular flexibility index (Phi) is 5.62. The average molecular weight is 290 g/mol. The number of amides is 1. The third-order valence-electron chi connectivity index (χ3n) is 4.29. The highest BCUT2D eigenvalue weighted by molar-refractivity contribution is 5.94. The number of rotatable bonds is 6. The van der Waals surface area contributed by atoms with Crippen molar-refractivity contribution in [1.29, 1.82) is 0 Å². The van der Waals surface area contributed by atoms with Crippen LogP contribution in [0.5, 0.6) is 5.75 Å². The molecule has 1 aliphatic carbocycles. The zero-order valence-electron chi connectivity index (χ0n) is 13.0. The molecule has 2 atom stereocenters. The number of nitrogens with two attached hydrogens (primary N) is 1. The van der Waals surface area contributed by atoms with Gasteiger partial charge in [-0.05, 0) is 55.9 Å². The van der Waals surface area contributed by atoms with Crippen molar-refractivity contribution in [2.75, 3.05) is 5.32 Å².